The summed E-state index contributed by atoms with van der Waals surface area (Å²) in [6.45, 7) is 2.25. The van der Waals surface area contributed by atoms with Crippen molar-refractivity contribution in [1.82, 2.24) is 9.80 Å². The number of hydrogen-bond acceptors (Lipinski definition) is 3. The molecule has 0 aliphatic carbocycles. The van der Waals surface area contributed by atoms with Crippen LogP contribution < -0.4 is 0 Å². The first-order chi connectivity index (χ1) is 9.66. The summed E-state index contributed by atoms with van der Waals surface area (Å²) in [6, 6.07) is 12.0. The van der Waals surface area contributed by atoms with E-state index in [1.165, 1.54) is 0 Å². The Balaban J connectivity index is 2.10. The fourth-order valence-electron chi connectivity index (χ4n) is 1.95. The summed E-state index contributed by atoms with van der Waals surface area (Å²) in [5.74, 6) is 0.108. The van der Waals surface area contributed by atoms with Gasteiger partial charge in [-0.1, -0.05) is 30.3 Å². The van der Waals surface area contributed by atoms with E-state index in [0.717, 1.165) is 24.2 Å². The third-order valence-corrected chi connectivity index (χ3v) is 3.77. The fourth-order valence-corrected chi connectivity index (χ4v) is 2.58. The maximum atomic E-state index is 12.5. The molecule has 1 heterocycles. The van der Waals surface area contributed by atoms with E-state index in [1.54, 1.807) is 11.3 Å². The van der Waals surface area contributed by atoms with Gasteiger partial charge in [-0.2, -0.15) is 11.3 Å². The van der Waals surface area contributed by atoms with Crippen LogP contribution in [-0.2, 0) is 6.54 Å². The quantitative estimate of drug-likeness (QED) is 0.816. The van der Waals surface area contributed by atoms with Crippen molar-refractivity contribution in [3.8, 4) is 0 Å². The molecular weight excluding hydrogens is 268 g/mol. The molecule has 1 aromatic carbocycles. The Morgan fingerprint density at radius 3 is 2.45 bits per heavy atom. The molecule has 0 N–H and O–H groups in total. The van der Waals surface area contributed by atoms with Gasteiger partial charge >= 0.3 is 0 Å². The molecular formula is C16H20N2OS. The van der Waals surface area contributed by atoms with Crippen LogP contribution >= 0.6 is 11.3 Å². The smallest absolute Gasteiger partial charge is 0.255 e. The number of carbonyl (C=O) groups is 1. The molecule has 0 fully saturated rings. The van der Waals surface area contributed by atoms with Crippen molar-refractivity contribution in [1.29, 1.82) is 0 Å². The van der Waals surface area contributed by atoms with Crippen LogP contribution in [0.3, 0.4) is 0 Å². The standard InChI is InChI=1S/C16H20N2OS/c1-17(2)9-10-18(12-14-6-4-3-5-7-14)16(19)15-8-11-20-13-15/h3-8,11,13H,9-10,12H2,1-2H3. The van der Waals surface area contributed by atoms with E-state index in [-0.39, 0.29) is 5.91 Å². The molecule has 0 bridgehead atoms. The topological polar surface area (TPSA) is 23.6 Å². The Morgan fingerprint density at radius 2 is 1.85 bits per heavy atom. The summed E-state index contributed by atoms with van der Waals surface area (Å²) in [7, 11) is 4.05. The molecule has 1 aromatic heterocycles. The highest BCUT2D eigenvalue weighted by atomic mass is 32.1. The van der Waals surface area contributed by atoms with Crippen molar-refractivity contribution in [3.05, 3.63) is 58.3 Å². The average Bonchev–Trinajstić information content (AvgIpc) is 2.97. The molecule has 3 nitrogen and oxygen atoms in total. The Morgan fingerprint density at radius 1 is 1.10 bits per heavy atom. The molecule has 0 aliphatic heterocycles. The first-order valence-electron chi connectivity index (χ1n) is 6.67. The minimum absolute atomic E-state index is 0.108. The molecule has 106 valence electrons. The number of likely N-dealkylation sites (N-methyl/N-ethyl adjacent to an activating group) is 1. The molecule has 0 saturated heterocycles. The number of rotatable bonds is 6. The molecule has 0 radical (unpaired) electrons. The summed E-state index contributed by atoms with van der Waals surface area (Å²) in [6.07, 6.45) is 0. The summed E-state index contributed by atoms with van der Waals surface area (Å²) in [5.41, 5.74) is 1.94. The molecule has 2 rings (SSSR count). The molecule has 0 atom stereocenters. The number of amides is 1. The van der Waals surface area contributed by atoms with Gasteiger partial charge in [0.25, 0.3) is 5.91 Å². The minimum Gasteiger partial charge on any atom is -0.333 e. The van der Waals surface area contributed by atoms with Gasteiger partial charge in [0.2, 0.25) is 0 Å². The normalized spacial score (nSPS) is 10.8. The van der Waals surface area contributed by atoms with Gasteiger partial charge in [-0.3, -0.25) is 4.79 Å². The van der Waals surface area contributed by atoms with Crippen LogP contribution in [0.15, 0.2) is 47.2 Å². The monoisotopic (exact) mass is 288 g/mol. The number of benzene rings is 1. The van der Waals surface area contributed by atoms with E-state index in [9.17, 15) is 4.79 Å². The lowest BCUT2D eigenvalue weighted by Gasteiger charge is -2.24. The van der Waals surface area contributed by atoms with Gasteiger partial charge in [0, 0.05) is 25.0 Å². The van der Waals surface area contributed by atoms with Gasteiger partial charge in [-0.15, -0.1) is 0 Å². The van der Waals surface area contributed by atoms with E-state index in [4.69, 9.17) is 0 Å². The zero-order valence-electron chi connectivity index (χ0n) is 12.0. The van der Waals surface area contributed by atoms with Crippen molar-refractivity contribution >= 4 is 17.2 Å². The molecule has 1 amide bonds. The highest BCUT2D eigenvalue weighted by Crippen LogP contribution is 2.12. The van der Waals surface area contributed by atoms with Crippen LogP contribution in [0.2, 0.25) is 0 Å². The van der Waals surface area contributed by atoms with Crippen LogP contribution in [0.5, 0.6) is 0 Å². The van der Waals surface area contributed by atoms with E-state index in [0.29, 0.717) is 6.54 Å². The van der Waals surface area contributed by atoms with E-state index in [2.05, 4.69) is 17.0 Å². The van der Waals surface area contributed by atoms with E-state index >= 15 is 0 Å². The minimum atomic E-state index is 0.108. The third-order valence-electron chi connectivity index (χ3n) is 3.09. The zero-order chi connectivity index (χ0) is 14.4. The highest BCUT2D eigenvalue weighted by Gasteiger charge is 2.16. The van der Waals surface area contributed by atoms with Crippen LogP contribution in [0.1, 0.15) is 15.9 Å². The van der Waals surface area contributed by atoms with Gasteiger partial charge in [-0.25, -0.2) is 0 Å². The van der Waals surface area contributed by atoms with Gasteiger partial charge < -0.3 is 9.80 Å². The Bertz CT molecular complexity index is 523. The molecule has 2 aromatic rings. The SMILES string of the molecule is CN(C)CCN(Cc1ccccc1)C(=O)c1ccsc1. The van der Waals surface area contributed by atoms with Crippen LogP contribution in [0, 0.1) is 0 Å². The largest absolute Gasteiger partial charge is 0.333 e. The van der Waals surface area contributed by atoms with Gasteiger partial charge in [-0.05, 0) is 31.1 Å². The van der Waals surface area contributed by atoms with Gasteiger partial charge in [0.1, 0.15) is 0 Å². The second-order valence-electron chi connectivity index (χ2n) is 5.03. The predicted molar refractivity (Wildman–Crippen MR) is 84.1 cm³/mol. The summed E-state index contributed by atoms with van der Waals surface area (Å²) >= 11 is 1.56. The van der Waals surface area contributed by atoms with E-state index < -0.39 is 0 Å². The molecule has 0 unspecified atom stereocenters. The van der Waals surface area contributed by atoms with Crippen molar-refractivity contribution < 1.29 is 4.79 Å². The third kappa shape index (κ3) is 4.18. The van der Waals surface area contributed by atoms with Crippen LogP contribution in [-0.4, -0.2) is 42.9 Å². The lowest BCUT2D eigenvalue weighted by molar-refractivity contribution is 0.0732. The Hall–Kier alpha value is -1.65. The summed E-state index contributed by atoms with van der Waals surface area (Å²) < 4.78 is 0. The molecule has 0 spiro atoms. The highest BCUT2D eigenvalue weighted by molar-refractivity contribution is 7.08. The lowest BCUT2D eigenvalue weighted by Crippen LogP contribution is -2.36. The first kappa shape index (κ1) is 14.8. The molecule has 20 heavy (non-hydrogen) atoms. The molecule has 4 heteroatoms. The van der Waals surface area contributed by atoms with Crippen LogP contribution in [0.4, 0.5) is 0 Å². The first-order valence-corrected chi connectivity index (χ1v) is 7.61. The van der Waals surface area contributed by atoms with Crippen molar-refractivity contribution in [3.63, 3.8) is 0 Å². The number of hydrogen-bond donors (Lipinski definition) is 0. The molecule has 0 aliphatic rings. The maximum Gasteiger partial charge on any atom is 0.255 e. The van der Waals surface area contributed by atoms with Crippen molar-refractivity contribution in [2.75, 3.05) is 27.2 Å². The number of carbonyl (C=O) groups excluding carboxylic acids is 1. The summed E-state index contributed by atoms with van der Waals surface area (Å²) in [5, 5.41) is 3.86. The number of nitrogens with zero attached hydrogens (tertiary/aromatic N) is 2. The van der Waals surface area contributed by atoms with Crippen molar-refractivity contribution in [2.45, 2.75) is 6.54 Å². The van der Waals surface area contributed by atoms with Gasteiger partial charge in [0.15, 0.2) is 0 Å². The second kappa shape index (κ2) is 7.22. The molecule has 0 saturated carbocycles. The average molecular weight is 288 g/mol. The van der Waals surface area contributed by atoms with Gasteiger partial charge in [0.05, 0.1) is 5.56 Å². The van der Waals surface area contributed by atoms with E-state index in [1.807, 2.05) is 54.0 Å². The lowest BCUT2D eigenvalue weighted by atomic mass is 10.2. The second-order valence-corrected chi connectivity index (χ2v) is 5.81. The Kier molecular flexibility index (Phi) is 5.32. The fraction of sp³-hybridized carbons (Fsp3) is 0.312. The van der Waals surface area contributed by atoms with Crippen LogP contribution in [0.25, 0.3) is 0 Å². The number of thiophene rings is 1. The Labute approximate surface area is 124 Å². The predicted octanol–water partition coefficient (Wildman–Crippen LogP) is 2.95. The maximum absolute atomic E-state index is 12.5. The summed E-state index contributed by atoms with van der Waals surface area (Å²) in [4.78, 5) is 16.5. The van der Waals surface area contributed by atoms with Crippen molar-refractivity contribution in [2.24, 2.45) is 0 Å². The zero-order valence-corrected chi connectivity index (χ0v) is 12.8.